The van der Waals surface area contributed by atoms with Gasteiger partial charge in [-0.3, -0.25) is 4.79 Å². The molecule has 1 aliphatic carbocycles. The monoisotopic (exact) mass is 406 g/mol. The summed E-state index contributed by atoms with van der Waals surface area (Å²) in [7, 11) is 1.31. The van der Waals surface area contributed by atoms with Crippen molar-refractivity contribution in [1.29, 1.82) is 0 Å². The molecule has 2 aliphatic rings. The number of halogens is 2. The normalized spacial score (nSPS) is 21.4. The Morgan fingerprint density at radius 1 is 1.31 bits per heavy atom. The molecule has 2 heterocycles. The van der Waals surface area contributed by atoms with E-state index in [0.29, 0.717) is 17.7 Å². The Hall–Kier alpha value is -3.04. The highest BCUT2D eigenvalue weighted by molar-refractivity contribution is 5.99. The van der Waals surface area contributed by atoms with Gasteiger partial charge in [-0.2, -0.15) is 8.78 Å². The molecule has 1 aromatic carbocycles. The summed E-state index contributed by atoms with van der Waals surface area (Å²) >= 11 is 0. The highest BCUT2D eigenvalue weighted by Gasteiger charge is 2.39. The zero-order valence-corrected chi connectivity index (χ0v) is 15.7. The van der Waals surface area contributed by atoms with Crippen molar-refractivity contribution in [2.75, 3.05) is 7.11 Å². The lowest BCUT2D eigenvalue weighted by molar-refractivity contribution is 0.0596. The second kappa shape index (κ2) is 7.76. The third-order valence-electron chi connectivity index (χ3n) is 5.43. The van der Waals surface area contributed by atoms with Gasteiger partial charge >= 0.3 is 12.5 Å². The van der Waals surface area contributed by atoms with Gasteiger partial charge in [0.1, 0.15) is 0 Å². The first-order chi connectivity index (χ1) is 14.0. The van der Waals surface area contributed by atoms with E-state index >= 15 is 0 Å². The first-order valence-corrected chi connectivity index (χ1v) is 9.38. The number of carbonyl (C=O) groups excluding carboxylic acids is 2. The number of amides is 2. The van der Waals surface area contributed by atoms with E-state index in [1.807, 2.05) is 0 Å². The maximum atomic E-state index is 13.1. The predicted molar refractivity (Wildman–Crippen MR) is 96.1 cm³/mol. The van der Waals surface area contributed by atoms with Gasteiger partial charge in [0.05, 0.1) is 19.2 Å². The van der Waals surface area contributed by atoms with Gasteiger partial charge < -0.3 is 19.4 Å². The molecule has 8 nitrogen and oxygen atoms in total. The molecule has 1 fully saturated rings. The van der Waals surface area contributed by atoms with Crippen molar-refractivity contribution in [3.05, 3.63) is 35.2 Å². The van der Waals surface area contributed by atoms with Crippen molar-refractivity contribution < 1.29 is 27.5 Å². The number of ether oxygens (including phenoxy) is 1. The smallest absolute Gasteiger partial charge is 0.407 e. The maximum absolute atomic E-state index is 13.1. The van der Waals surface area contributed by atoms with Crippen LogP contribution < -0.4 is 5.32 Å². The van der Waals surface area contributed by atoms with Crippen LogP contribution in [0.15, 0.2) is 22.6 Å². The molecule has 2 aromatic rings. The van der Waals surface area contributed by atoms with Crippen molar-refractivity contribution in [2.24, 2.45) is 0 Å². The number of hydrogen-bond donors (Lipinski definition) is 1. The molecule has 0 radical (unpaired) electrons. The Kier molecular flexibility index (Phi) is 5.16. The first kappa shape index (κ1) is 19.3. The van der Waals surface area contributed by atoms with Gasteiger partial charge in [0.15, 0.2) is 0 Å². The quantitative estimate of drug-likeness (QED) is 0.837. The largest absolute Gasteiger partial charge is 0.453 e. The second-order valence-electron chi connectivity index (χ2n) is 7.15. The summed E-state index contributed by atoms with van der Waals surface area (Å²) in [5.41, 5.74) is 1.71. The van der Waals surface area contributed by atoms with Crippen LogP contribution in [0.25, 0.3) is 11.5 Å². The molecule has 1 N–H and O–H groups in total. The Balaban J connectivity index is 1.57. The Morgan fingerprint density at radius 2 is 2.10 bits per heavy atom. The van der Waals surface area contributed by atoms with Crippen molar-refractivity contribution in [3.8, 4) is 11.5 Å². The van der Waals surface area contributed by atoms with Crippen LogP contribution in [0, 0.1) is 0 Å². The molecular formula is C19H20F2N4O4. The van der Waals surface area contributed by atoms with Crippen LogP contribution in [-0.4, -0.2) is 46.3 Å². The molecule has 0 bridgehead atoms. The summed E-state index contributed by atoms with van der Waals surface area (Å²) in [5.74, 6) is -0.983. The molecule has 2 atom stereocenters. The minimum absolute atomic E-state index is 0.0581. The van der Waals surface area contributed by atoms with Gasteiger partial charge in [0.25, 0.3) is 11.8 Å². The lowest BCUT2D eigenvalue weighted by Gasteiger charge is -2.37. The van der Waals surface area contributed by atoms with E-state index in [0.717, 1.165) is 31.2 Å². The van der Waals surface area contributed by atoms with Crippen LogP contribution in [0.1, 0.15) is 53.9 Å². The first-order valence-electron chi connectivity index (χ1n) is 9.38. The summed E-state index contributed by atoms with van der Waals surface area (Å²) < 4.78 is 35.1. The number of aromatic nitrogens is 2. The van der Waals surface area contributed by atoms with Gasteiger partial charge in [0, 0.05) is 17.7 Å². The zero-order chi connectivity index (χ0) is 20.5. The molecular weight excluding hydrogens is 386 g/mol. The fourth-order valence-electron chi connectivity index (χ4n) is 4.03. The number of rotatable bonds is 4. The molecule has 1 aromatic heterocycles. The van der Waals surface area contributed by atoms with Crippen molar-refractivity contribution in [1.82, 2.24) is 20.4 Å². The number of nitrogens with zero attached hydrogens (tertiary/aromatic N) is 3. The summed E-state index contributed by atoms with van der Waals surface area (Å²) in [6, 6.07) is 4.70. The molecule has 1 aliphatic heterocycles. The number of alkyl halides is 2. The molecule has 0 saturated heterocycles. The van der Waals surface area contributed by atoms with Crippen LogP contribution in [0.3, 0.4) is 0 Å². The number of carbonyl (C=O) groups is 2. The zero-order valence-electron chi connectivity index (χ0n) is 15.7. The highest BCUT2D eigenvalue weighted by atomic mass is 19.3. The highest BCUT2D eigenvalue weighted by Crippen LogP contribution is 2.33. The molecule has 0 unspecified atom stereocenters. The Labute approximate surface area is 165 Å². The van der Waals surface area contributed by atoms with E-state index in [9.17, 15) is 18.4 Å². The number of methoxy groups -OCH3 is 1. The van der Waals surface area contributed by atoms with Crippen LogP contribution in [-0.2, 0) is 11.3 Å². The van der Waals surface area contributed by atoms with E-state index in [-0.39, 0.29) is 23.9 Å². The summed E-state index contributed by atoms with van der Waals surface area (Å²) in [5, 5.41) is 9.80. The van der Waals surface area contributed by atoms with E-state index < -0.39 is 18.4 Å². The van der Waals surface area contributed by atoms with Crippen LogP contribution in [0.4, 0.5) is 13.6 Å². The second-order valence-corrected chi connectivity index (χ2v) is 7.15. The molecule has 1 saturated carbocycles. The maximum Gasteiger partial charge on any atom is 0.407 e. The van der Waals surface area contributed by atoms with Crippen molar-refractivity contribution in [3.63, 3.8) is 0 Å². The summed E-state index contributed by atoms with van der Waals surface area (Å²) in [6.45, 7) is 0.421. The average Bonchev–Trinajstić information content (AvgIpc) is 3.34. The number of fused-ring (bicyclic) bond motifs is 1. The SMILES string of the molecule is COC(=O)N[C@@H]1CCCC[C@H]1N1Cc2ccc(-c3nnc(C(F)F)o3)cc2C1=O. The summed E-state index contributed by atoms with van der Waals surface area (Å²) in [6.07, 6.45) is 0.112. The lowest BCUT2D eigenvalue weighted by Crippen LogP contribution is -2.53. The van der Waals surface area contributed by atoms with Crippen LogP contribution in [0.2, 0.25) is 0 Å². The number of alkyl carbamates (subject to hydrolysis) is 1. The van der Waals surface area contributed by atoms with E-state index in [4.69, 9.17) is 9.15 Å². The summed E-state index contributed by atoms with van der Waals surface area (Å²) in [4.78, 5) is 26.5. The van der Waals surface area contributed by atoms with E-state index in [1.165, 1.54) is 7.11 Å². The number of hydrogen-bond acceptors (Lipinski definition) is 6. The third-order valence-corrected chi connectivity index (χ3v) is 5.43. The minimum Gasteiger partial charge on any atom is -0.453 e. The van der Waals surface area contributed by atoms with Crippen molar-refractivity contribution >= 4 is 12.0 Å². The van der Waals surface area contributed by atoms with Gasteiger partial charge in [0.2, 0.25) is 5.89 Å². The minimum atomic E-state index is -2.85. The van der Waals surface area contributed by atoms with Crippen LogP contribution in [0.5, 0.6) is 0 Å². The third kappa shape index (κ3) is 3.66. The topological polar surface area (TPSA) is 97.6 Å². The fourth-order valence-corrected chi connectivity index (χ4v) is 4.03. The Morgan fingerprint density at radius 3 is 2.83 bits per heavy atom. The predicted octanol–water partition coefficient (Wildman–Crippen LogP) is 3.30. The molecule has 2 amide bonds. The lowest BCUT2D eigenvalue weighted by atomic mass is 9.89. The molecule has 4 rings (SSSR count). The van der Waals surface area contributed by atoms with Crippen LogP contribution >= 0.6 is 0 Å². The molecule has 10 heteroatoms. The standard InChI is InChI=1S/C19H20F2N4O4/c1-28-19(27)22-13-4-2-3-5-14(13)25-9-11-7-6-10(8-12(11)18(25)26)16-23-24-17(29-16)15(20)21/h6-8,13-15H,2-5,9H2,1H3,(H,22,27)/t13-,14-/m1/s1. The Bertz CT molecular complexity index is 933. The average molecular weight is 406 g/mol. The molecule has 154 valence electrons. The number of nitrogens with one attached hydrogen (secondary N) is 1. The number of benzene rings is 1. The van der Waals surface area contributed by atoms with Gasteiger partial charge in [-0.1, -0.05) is 18.9 Å². The van der Waals surface area contributed by atoms with Crippen molar-refractivity contribution in [2.45, 2.75) is 50.7 Å². The fraction of sp³-hybridized carbons (Fsp3) is 0.474. The molecule has 29 heavy (non-hydrogen) atoms. The van der Waals surface area contributed by atoms with Gasteiger partial charge in [-0.05, 0) is 30.5 Å². The van der Waals surface area contributed by atoms with Gasteiger partial charge in [-0.25, -0.2) is 4.79 Å². The van der Waals surface area contributed by atoms with Gasteiger partial charge in [-0.15, -0.1) is 10.2 Å². The van der Waals surface area contributed by atoms with E-state index in [1.54, 1.807) is 23.1 Å². The van der Waals surface area contributed by atoms with E-state index in [2.05, 4.69) is 15.5 Å². The molecule has 0 spiro atoms.